The lowest BCUT2D eigenvalue weighted by Crippen LogP contribution is -2.30. The molecule has 0 bridgehead atoms. The molecule has 1 amide bonds. The number of nitro groups is 1. The van der Waals surface area contributed by atoms with Crippen LogP contribution in [0.4, 0.5) is 5.69 Å². The molecule has 0 aliphatic rings. The fourth-order valence-electron chi connectivity index (χ4n) is 1.87. The second kappa shape index (κ2) is 6.84. The van der Waals surface area contributed by atoms with E-state index in [1.54, 1.807) is 26.1 Å². The van der Waals surface area contributed by atoms with Gasteiger partial charge in [0.2, 0.25) is 0 Å². The van der Waals surface area contributed by atoms with Gasteiger partial charge in [0, 0.05) is 19.2 Å². The van der Waals surface area contributed by atoms with E-state index in [4.69, 9.17) is 0 Å². The minimum Gasteiger partial charge on any atom is -0.341 e. The summed E-state index contributed by atoms with van der Waals surface area (Å²) in [5.74, 6) is -0.313. The summed E-state index contributed by atoms with van der Waals surface area (Å²) in [4.78, 5) is 24.3. The number of para-hydroxylation sites is 1. The van der Waals surface area contributed by atoms with E-state index in [0.717, 1.165) is 13.0 Å². The number of nitrogens with zero attached hydrogens (tertiary/aromatic N) is 2. The van der Waals surface area contributed by atoms with Crippen molar-refractivity contribution in [2.75, 3.05) is 27.2 Å². The summed E-state index contributed by atoms with van der Waals surface area (Å²) in [6.07, 6.45) is 0.804. The van der Waals surface area contributed by atoms with Crippen LogP contribution in [-0.4, -0.2) is 42.9 Å². The number of nitro benzene ring substituents is 1. The standard InChI is InChI=1S/C13H19N3O3/c1-10-6-4-7-11(12(10)16(18)19)13(17)15(3)9-5-8-14-2/h4,6-7,14H,5,8-9H2,1-3H3. The van der Waals surface area contributed by atoms with Gasteiger partial charge in [0.15, 0.2) is 0 Å². The fourth-order valence-corrected chi connectivity index (χ4v) is 1.87. The zero-order chi connectivity index (χ0) is 14.4. The third-order valence-electron chi connectivity index (χ3n) is 2.92. The number of benzene rings is 1. The summed E-state index contributed by atoms with van der Waals surface area (Å²) in [7, 11) is 3.50. The molecule has 0 radical (unpaired) electrons. The van der Waals surface area contributed by atoms with Gasteiger partial charge < -0.3 is 10.2 Å². The van der Waals surface area contributed by atoms with Crippen molar-refractivity contribution in [3.63, 3.8) is 0 Å². The average Bonchev–Trinajstić information content (AvgIpc) is 2.37. The maximum absolute atomic E-state index is 12.2. The monoisotopic (exact) mass is 265 g/mol. The normalized spacial score (nSPS) is 10.3. The Bertz CT molecular complexity index is 474. The first-order valence-electron chi connectivity index (χ1n) is 6.13. The minimum absolute atomic E-state index is 0.104. The van der Waals surface area contributed by atoms with Gasteiger partial charge in [-0.05, 0) is 33.0 Å². The SMILES string of the molecule is CNCCCN(C)C(=O)c1cccc(C)c1[N+](=O)[O-]. The minimum atomic E-state index is -0.496. The molecule has 0 saturated carbocycles. The topological polar surface area (TPSA) is 75.5 Å². The largest absolute Gasteiger partial charge is 0.341 e. The highest BCUT2D eigenvalue weighted by Crippen LogP contribution is 2.24. The lowest BCUT2D eigenvalue weighted by atomic mass is 10.1. The Labute approximate surface area is 112 Å². The van der Waals surface area contributed by atoms with E-state index in [2.05, 4.69) is 5.32 Å². The van der Waals surface area contributed by atoms with Crippen LogP contribution in [0.2, 0.25) is 0 Å². The van der Waals surface area contributed by atoms with E-state index in [0.29, 0.717) is 12.1 Å². The maximum atomic E-state index is 12.2. The van der Waals surface area contributed by atoms with E-state index >= 15 is 0 Å². The van der Waals surface area contributed by atoms with Crippen molar-refractivity contribution in [2.45, 2.75) is 13.3 Å². The molecule has 0 heterocycles. The lowest BCUT2D eigenvalue weighted by molar-refractivity contribution is -0.385. The molecule has 19 heavy (non-hydrogen) atoms. The Hall–Kier alpha value is -1.95. The number of hydrogen-bond acceptors (Lipinski definition) is 4. The summed E-state index contributed by atoms with van der Waals surface area (Å²) in [5, 5.41) is 14.0. The van der Waals surface area contributed by atoms with Crippen molar-refractivity contribution in [1.82, 2.24) is 10.2 Å². The Morgan fingerprint density at radius 1 is 1.47 bits per heavy atom. The van der Waals surface area contributed by atoms with Crippen LogP contribution in [0.5, 0.6) is 0 Å². The molecular weight excluding hydrogens is 246 g/mol. The Kier molecular flexibility index (Phi) is 5.44. The molecule has 0 spiro atoms. The zero-order valence-corrected chi connectivity index (χ0v) is 11.5. The highest BCUT2D eigenvalue weighted by atomic mass is 16.6. The number of nitrogens with one attached hydrogen (secondary N) is 1. The molecule has 1 aromatic carbocycles. The van der Waals surface area contributed by atoms with Crippen LogP contribution in [0.3, 0.4) is 0 Å². The van der Waals surface area contributed by atoms with Crippen molar-refractivity contribution < 1.29 is 9.72 Å². The summed E-state index contributed by atoms with van der Waals surface area (Å²) in [6, 6.07) is 4.80. The maximum Gasteiger partial charge on any atom is 0.285 e. The van der Waals surface area contributed by atoms with Crippen LogP contribution in [0.1, 0.15) is 22.3 Å². The first-order chi connectivity index (χ1) is 8.99. The summed E-state index contributed by atoms with van der Waals surface area (Å²) < 4.78 is 0. The van der Waals surface area contributed by atoms with Gasteiger partial charge in [0.1, 0.15) is 5.56 Å². The Morgan fingerprint density at radius 2 is 2.16 bits per heavy atom. The van der Waals surface area contributed by atoms with Gasteiger partial charge in [-0.25, -0.2) is 0 Å². The molecule has 6 heteroatoms. The molecule has 0 fully saturated rings. The summed E-state index contributed by atoms with van der Waals surface area (Å²) >= 11 is 0. The van der Waals surface area contributed by atoms with Crippen molar-refractivity contribution in [3.05, 3.63) is 39.4 Å². The number of aryl methyl sites for hydroxylation is 1. The molecule has 104 valence electrons. The van der Waals surface area contributed by atoms with E-state index < -0.39 is 4.92 Å². The van der Waals surface area contributed by atoms with Crippen LogP contribution >= 0.6 is 0 Å². The van der Waals surface area contributed by atoms with Gasteiger partial charge >= 0.3 is 0 Å². The van der Waals surface area contributed by atoms with E-state index in [1.165, 1.54) is 11.0 Å². The van der Waals surface area contributed by atoms with Crippen LogP contribution < -0.4 is 5.32 Å². The van der Waals surface area contributed by atoms with Crippen LogP contribution in [0.25, 0.3) is 0 Å². The fraction of sp³-hybridized carbons (Fsp3) is 0.462. The summed E-state index contributed by atoms with van der Waals surface area (Å²) in [6.45, 7) is 2.99. The average molecular weight is 265 g/mol. The van der Waals surface area contributed by atoms with Crippen molar-refractivity contribution in [1.29, 1.82) is 0 Å². The van der Waals surface area contributed by atoms with Gasteiger partial charge in [0.25, 0.3) is 11.6 Å². The Morgan fingerprint density at radius 3 is 2.74 bits per heavy atom. The number of amides is 1. The molecule has 0 aliphatic heterocycles. The number of hydrogen-bond donors (Lipinski definition) is 1. The molecule has 0 saturated heterocycles. The second-order valence-electron chi connectivity index (χ2n) is 4.41. The molecule has 1 rings (SSSR count). The molecule has 0 aromatic heterocycles. The Balaban J connectivity index is 2.93. The van der Waals surface area contributed by atoms with Gasteiger partial charge in [-0.2, -0.15) is 0 Å². The molecule has 0 atom stereocenters. The lowest BCUT2D eigenvalue weighted by Gasteiger charge is -2.17. The van der Waals surface area contributed by atoms with Crippen molar-refractivity contribution in [3.8, 4) is 0 Å². The van der Waals surface area contributed by atoms with Crippen LogP contribution in [0, 0.1) is 17.0 Å². The van der Waals surface area contributed by atoms with E-state index in [-0.39, 0.29) is 17.2 Å². The second-order valence-corrected chi connectivity index (χ2v) is 4.41. The summed E-state index contributed by atoms with van der Waals surface area (Å²) in [5.41, 5.74) is 0.546. The first kappa shape index (κ1) is 15.1. The predicted molar refractivity (Wildman–Crippen MR) is 73.3 cm³/mol. The molecule has 0 aliphatic carbocycles. The van der Waals surface area contributed by atoms with Crippen LogP contribution in [0.15, 0.2) is 18.2 Å². The number of carbonyl (C=O) groups excluding carboxylic acids is 1. The quantitative estimate of drug-likeness (QED) is 0.481. The van der Waals surface area contributed by atoms with Crippen molar-refractivity contribution in [2.24, 2.45) is 0 Å². The molecule has 0 unspecified atom stereocenters. The molecule has 1 aromatic rings. The van der Waals surface area contributed by atoms with E-state index in [1.807, 2.05) is 7.05 Å². The van der Waals surface area contributed by atoms with Gasteiger partial charge in [-0.3, -0.25) is 14.9 Å². The highest BCUT2D eigenvalue weighted by molar-refractivity contribution is 5.98. The van der Waals surface area contributed by atoms with Crippen LogP contribution in [-0.2, 0) is 0 Å². The third-order valence-corrected chi connectivity index (χ3v) is 2.92. The van der Waals surface area contributed by atoms with Crippen molar-refractivity contribution >= 4 is 11.6 Å². The number of carbonyl (C=O) groups is 1. The van der Waals surface area contributed by atoms with Gasteiger partial charge in [0.05, 0.1) is 4.92 Å². The molecule has 6 nitrogen and oxygen atoms in total. The molecule has 1 N–H and O–H groups in total. The number of rotatable bonds is 6. The molecular formula is C13H19N3O3. The first-order valence-corrected chi connectivity index (χ1v) is 6.13. The smallest absolute Gasteiger partial charge is 0.285 e. The predicted octanol–water partition coefficient (Wildman–Crippen LogP) is 1.58. The highest BCUT2D eigenvalue weighted by Gasteiger charge is 2.24. The van der Waals surface area contributed by atoms with Gasteiger partial charge in [-0.1, -0.05) is 12.1 Å². The zero-order valence-electron chi connectivity index (χ0n) is 11.5. The van der Waals surface area contributed by atoms with Gasteiger partial charge in [-0.15, -0.1) is 0 Å². The third kappa shape index (κ3) is 3.75. The van der Waals surface area contributed by atoms with E-state index in [9.17, 15) is 14.9 Å².